The Morgan fingerprint density at radius 3 is 2.52 bits per heavy atom. The summed E-state index contributed by atoms with van der Waals surface area (Å²) < 4.78 is 19.1. The van der Waals surface area contributed by atoms with Crippen molar-refractivity contribution in [3.8, 4) is 11.5 Å². The summed E-state index contributed by atoms with van der Waals surface area (Å²) in [5, 5.41) is 8.58. The van der Waals surface area contributed by atoms with Gasteiger partial charge in [0.2, 0.25) is 0 Å². The average Bonchev–Trinajstić information content (AvgIpc) is 2.45. The molecule has 2 aromatic carbocycles. The zero-order valence-electron chi connectivity index (χ0n) is 11.2. The number of thioether (sulfide) groups is 1. The highest BCUT2D eigenvalue weighted by Crippen LogP contribution is 2.26. The zero-order valence-corrected chi connectivity index (χ0v) is 12.1. The molecule has 0 saturated carbocycles. The molecule has 2 aromatic rings. The minimum Gasteiger partial charge on any atom is -0.478 e. The summed E-state index contributed by atoms with van der Waals surface area (Å²) in [6, 6.07) is 11.5. The number of carboxylic acid groups (broad SMARTS) is 1. The molecule has 21 heavy (non-hydrogen) atoms. The maximum Gasteiger partial charge on any atom is 0.328 e. The van der Waals surface area contributed by atoms with E-state index >= 15 is 0 Å². The first-order valence-corrected chi connectivity index (χ1v) is 7.33. The number of carboxylic acids is 1. The van der Waals surface area contributed by atoms with E-state index in [1.807, 2.05) is 18.4 Å². The van der Waals surface area contributed by atoms with E-state index in [4.69, 9.17) is 9.84 Å². The van der Waals surface area contributed by atoms with Gasteiger partial charge in [-0.25, -0.2) is 9.18 Å². The van der Waals surface area contributed by atoms with E-state index in [0.29, 0.717) is 17.1 Å². The lowest BCUT2D eigenvalue weighted by Gasteiger charge is -2.07. The molecular weight excluding hydrogens is 291 g/mol. The zero-order chi connectivity index (χ0) is 15.2. The molecule has 0 heterocycles. The second-order valence-electron chi connectivity index (χ2n) is 4.17. The molecule has 0 aliphatic rings. The Balaban J connectivity index is 2.20. The normalized spacial score (nSPS) is 10.8. The largest absolute Gasteiger partial charge is 0.478 e. The van der Waals surface area contributed by atoms with E-state index in [2.05, 4.69) is 0 Å². The van der Waals surface area contributed by atoms with Crippen molar-refractivity contribution in [2.24, 2.45) is 0 Å². The SMILES string of the molecule is CSc1ccc(Oc2cc(F)cc(/C=C/C(=O)O)c2)cc1. The summed E-state index contributed by atoms with van der Waals surface area (Å²) in [5.41, 5.74) is 0.424. The van der Waals surface area contributed by atoms with Crippen LogP contribution in [0, 0.1) is 5.82 Å². The Labute approximate surface area is 126 Å². The number of halogens is 1. The van der Waals surface area contributed by atoms with E-state index in [9.17, 15) is 9.18 Å². The monoisotopic (exact) mass is 304 g/mol. The highest BCUT2D eigenvalue weighted by molar-refractivity contribution is 7.98. The van der Waals surface area contributed by atoms with Crippen molar-refractivity contribution in [3.05, 3.63) is 59.9 Å². The van der Waals surface area contributed by atoms with Crippen LogP contribution in [0.25, 0.3) is 6.08 Å². The minimum absolute atomic E-state index is 0.317. The molecular formula is C16H13FO3S. The number of hydrogen-bond donors (Lipinski definition) is 1. The first kappa shape index (κ1) is 15.1. The fourth-order valence-corrected chi connectivity index (χ4v) is 2.10. The topological polar surface area (TPSA) is 46.5 Å². The summed E-state index contributed by atoms with van der Waals surface area (Å²) in [7, 11) is 0. The van der Waals surface area contributed by atoms with Crippen molar-refractivity contribution in [3.63, 3.8) is 0 Å². The number of rotatable bonds is 5. The Kier molecular flexibility index (Phi) is 5.00. The third-order valence-electron chi connectivity index (χ3n) is 2.61. The van der Waals surface area contributed by atoms with Crippen LogP contribution in [0.2, 0.25) is 0 Å². The van der Waals surface area contributed by atoms with Gasteiger partial charge in [-0.15, -0.1) is 11.8 Å². The molecule has 0 aliphatic carbocycles. The van der Waals surface area contributed by atoms with Gasteiger partial charge in [-0.2, -0.15) is 0 Å². The molecule has 0 radical (unpaired) electrons. The molecule has 5 heteroatoms. The summed E-state index contributed by atoms with van der Waals surface area (Å²) in [6.07, 6.45) is 4.24. The van der Waals surface area contributed by atoms with Crippen molar-refractivity contribution in [1.29, 1.82) is 0 Å². The number of hydrogen-bond acceptors (Lipinski definition) is 3. The number of carbonyl (C=O) groups is 1. The van der Waals surface area contributed by atoms with Gasteiger partial charge in [-0.05, 0) is 54.3 Å². The Morgan fingerprint density at radius 2 is 1.90 bits per heavy atom. The van der Waals surface area contributed by atoms with E-state index in [1.165, 1.54) is 18.2 Å². The number of benzene rings is 2. The van der Waals surface area contributed by atoms with Gasteiger partial charge >= 0.3 is 5.97 Å². The van der Waals surface area contributed by atoms with Crippen LogP contribution in [0.4, 0.5) is 4.39 Å². The third kappa shape index (κ3) is 4.65. The molecule has 0 fully saturated rings. The molecule has 2 rings (SSSR count). The summed E-state index contributed by atoms with van der Waals surface area (Å²) in [6.45, 7) is 0. The van der Waals surface area contributed by atoms with Crippen molar-refractivity contribution in [1.82, 2.24) is 0 Å². The van der Waals surface area contributed by atoms with Crippen LogP contribution in [-0.2, 0) is 4.79 Å². The molecule has 0 aromatic heterocycles. The molecule has 108 valence electrons. The quantitative estimate of drug-likeness (QED) is 0.655. The Morgan fingerprint density at radius 1 is 1.19 bits per heavy atom. The van der Waals surface area contributed by atoms with Crippen LogP contribution in [0.1, 0.15) is 5.56 Å². The minimum atomic E-state index is -1.09. The highest BCUT2D eigenvalue weighted by Gasteiger charge is 2.03. The first-order valence-electron chi connectivity index (χ1n) is 6.10. The molecule has 0 unspecified atom stereocenters. The summed E-state index contributed by atoms with van der Waals surface area (Å²) >= 11 is 1.62. The van der Waals surface area contributed by atoms with Gasteiger partial charge in [-0.1, -0.05) is 0 Å². The second kappa shape index (κ2) is 6.95. The number of ether oxygens (including phenoxy) is 1. The van der Waals surface area contributed by atoms with Gasteiger partial charge < -0.3 is 9.84 Å². The van der Waals surface area contributed by atoms with Crippen molar-refractivity contribution < 1.29 is 19.0 Å². The maximum atomic E-state index is 13.5. The second-order valence-corrected chi connectivity index (χ2v) is 5.05. The molecule has 0 aliphatic heterocycles. The smallest absolute Gasteiger partial charge is 0.328 e. The predicted octanol–water partition coefficient (Wildman–Crippen LogP) is 4.44. The Bertz CT molecular complexity index is 666. The van der Waals surface area contributed by atoms with Crippen LogP contribution in [0.5, 0.6) is 11.5 Å². The first-order chi connectivity index (χ1) is 10.1. The standard InChI is InChI=1S/C16H13FO3S/c1-21-15-5-3-13(4-6-15)20-14-9-11(2-7-16(18)19)8-12(17)10-14/h2-10H,1H3,(H,18,19)/b7-2+. The van der Waals surface area contributed by atoms with Crippen molar-refractivity contribution in [2.45, 2.75) is 4.90 Å². The van der Waals surface area contributed by atoms with E-state index in [1.54, 1.807) is 30.0 Å². The van der Waals surface area contributed by atoms with Gasteiger partial charge in [0, 0.05) is 17.0 Å². The van der Waals surface area contributed by atoms with Crippen molar-refractivity contribution >= 4 is 23.8 Å². The maximum absolute atomic E-state index is 13.5. The lowest BCUT2D eigenvalue weighted by Crippen LogP contribution is -1.89. The van der Waals surface area contributed by atoms with Gasteiger partial charge in [0.05, 0.1) is 0 Å². The molecule has 0 saturated heterocycles. The lowest BCUT2D eigenvalue weighted by atomic mass is 10.2. The fourth-order valence-electron chi connectivity index (χ4n) is 1.69. The van der Waals surface area contributed by atoms with Crippen LogP contribution >= 0.6 is 11.8 Å². The van der Waals surface area contributed by atoms with E-state index < -0.39 is 11.8 Å². The molecule has 0 spiro atoms. The summed E-state index contributed by atoms with van der Waals surface area (Å²) in [4.78, 5) is 11.6. The fraction of sp³-hybridized carbons (Fsp3) is 0.0625. The van der Waals surface area contributed by atoms with Crippen LogP contribution in [0.3, 0.4) is 0 Å². The average molecular weight is 304 g/mol. The van der Waals surface area contributed by atoms with Gasteiger partial charge in [0.25, 0.3) is 0 Å². The number of aliphatic carboxylic acids is 1. The van der Waals surface area contributed by atoms with E-state index in [-0.39, 0.29) is 0 Å². The van der Waals surface area contributed by atoms with E-state index in [0.717, 1.165) is 11.0 Å². The predicted molar refractivity (Wildman–Crippen MR) is 81.4 cm³/mol. The van der Waals surface area contributed by atoms with Crippen molar-refractivity contribution in [2.75, 3.05) is 6.26 Å². The van der Waals surface area contributed by atoms with Gasteiger partial charge in [0.1, 0.15) is 17.3 Å². The van der Waals surface area contributed by atoms with Gasteiger partial charge in [0.15, 0.2) is 0 Å². The van der Waals surface area contributed by atoms with Gasteiger partial charge in [-0.3, -0.25) is 0 Å². The molecule has 1 N–H and O–H groups in total. The lowest BCUT2D eigenvalue weighted by molar-refractivity contribution is -0.131. The molecule has 3 nitrogen and oxygen atoms in total. The third-order valence-corrected chi connectivity index (χ3v) is 3.35. The van der Waals surface area contributed by atoms with Crippen LogP contribution < -0.4 is 4.74 Å². The highest BCUT2D eigenvalue weighted by atomic mass is 32.2. The molecule has 0 bridgehead atoms. The molecule has 0 atom stereocenters. The summed E-state index contributed by atoms with van der Waals surface area (Å²) in [5.74, 6) is -0.670. The van der Waals surface area contributed by atoms with Crippen LogP contribution in [0.15, 0.2) is 53.4 Å². The molecule has 0 amide bonds. The Hall–Kier alpha value is -2.27. The van der Waals surface area contributed by atoms with Crippen LogP contribution in [-0.4, -0.2) is 17.3 Å².